The fourth-order valence-electron chi connectivity index (χ4n) is 3.14. The van der Waals surface area contributed by atoms with E-state index in [0.717, 1.165) is 47.0 Å². The van der Waals surface area contributed by atoms with E-state index in [4.69, 9.17) is 9.47 Å². The molecule has 2 heterocycles. The zero-order valence-electron chi connectivity index (χ0n) is 14.5. The maximum Gasteiger partial charge on any atom is 0.161 e. The molecular weight excluding hydrogens is 333 g/mol. The summed E-state index contributed by atoms with van der Waals surface area (Å²) in [6.45, 7) is 2.67. The monoisotopic (exact) mass is 353 g/mol. The van der Waals surface area contributed by atoms with Crippen LogP contribution in [0, 0.1) is 5.82 Å². The lowest BCUT2D eigenvalue weighted by atomic mass is 10.1. The van der Waals surface area contributed by atoms with Gasteiger partial charge < -0.3 is 9.47 Å². The van der Waals surface area contributed by atoms with Crippen molar-refractivity contribution in [1.29, 1.82) is 0 Å². The summed E-state index contributed by atoms with van der Waals surface area (Å²) in [5, 5.41) is 7.17. The minimum atomic E-state index is -0.245. The van der Waals surface area contributed by atoms with Crippen LogP contribution in [0.2, 0.25) is 0 Å². The van der Waals surface area contributed by atoms with Crippen molar-refractivity contribution in [3.05, 3.63) is 65.6 Å². The van der Waals surface area contributed by atoms with E-state index in [1.165, 1.54) is 12.1 Å². The topological polar surface area (TPSA) is 50.4 Å². The lowest BCUT2D eigenvalue weighted by Gasteiger charge is -2.21. The van der Waals surface area contributed by atoms with Crippen molar-refractivity contribution in [2.24, 2.45) is 0 Å². The Kier molecular flexibility index (Phi) is 4.58. The van der Waals surface area contributed by atoms with E-state index in [9.17, 15) is 4.39 Å². The van der Waals surface area contributed by atoms with Crippen molar-refractivity contribution in [1.82, 2.24) is 15.1 Å². The standard InChI is InChI=1S/C20H20FN3O2/c1-24(12-14-2-7-18-19(10-14)26-9-8-25-18)13-16-11-22-23-20(16)15-3-5-17(21)6-4-15/h2-7,10-11H,8-9,12-13H2,1H3,(H,22,23). The number of nitrogens with zero attached hydrogens (tertiary/aromatic N) is 2. The number of nitrogens with one attached hydrogen (secondary N) is 1. The average molecular weight is 353 g/mol. The van der Waals surface area contributed by atoms with Crippen LogP contribution in [0.5, 0.6) is 11.5 Å². The van der Waals surface area contributed by atoms with E-state index >= 15 is 0 Å². The third-order valence-corrected chi connectivity index (χ3v) is 4.35. The van der Waals surface area contributed by atoms with Crippen molar-refractivity contribution in [2.75, 3.05) is 20.3 Å². The predicted octanol–water partition coefficient (Wildman–Crippen LogP) is 3.62. The normalized spacial score (nSPS) is 13.2. The molecule has 6 heteroatoms. The molecule has 1 aliphatic heterocycles. The second-order valence-corrected chi connectivity index (χ2v) is 6.43. The van der Waals surface area contributed by atoms with E-state index < -0.39 is 0 Å². The lowest BCUT2D eigenvalue weighted by Crippen LogP contribution is -2.18. The van der Waals surface area contributed by atoms with Crippen LogP contribution in [0.15, 0.2) is 48.7 Å². The molecule has 0 saturated heterocycles. The van der Waals surface area contributed by atoms with Gasteiger partial charge in [-0.1, -0.05) is 6.07 Å². The highest BCUT2D eigenvalue weighted by Crippen LogP contribution is 2.31. The molecule has 1 aliphatic rings. The number of benzene rings is 2. The van der Waals surface area contributed by atoms with Gasteiger partial charge in [-0.3, -0.25) is 10.00 Å². The Morgan fingerprint density at radius 3 is 2.62 bits per heavy atom. The van der Waals surface area contributed by atoms with E-state index in [1.807, 2.05) is 18.3 Å². The average Bonchev–Trinajstić information content (AvgIpc) is 3.10. The Morgan fingerprint density at radius 1 is 1.04 bits per heavy atom. The molecule has 1 aromatic heterocycles. The second kappa shape index (κ2) is 7.17. The molecule has 5 nitrogen and oxygen atoms in total. The molecule has 26 heavy (non-hydrogen) atoms. The van der Waals surface area contributed by atoms with Gasteiger partial charge in [0.05, 0.1) is 11.9 Å². The van der Waals surface area contributed by atoms with Crippen LogP contribution in [0.1, 0.15) is 11.1 Å². The SMILES string of the molecule is CN(Cc1ccc2c(c1)OCCO2)Cc1cn[nH]c1-c1ccc(F)cc1. The van der Waals surface area contributed by atoms with Gasteiger partial charge in [0.1, 0.15) is 19.0 Å². The summed E-state index contributed by atoms with van der Waals surface area (Å²) in [6, 6.07) is 12.5. The summed E-state index contributed by atoms with van der Waals surface area (Å²) in [5.41, 5.74) is 4.06. The highest BCUT2D eigenvalue weighted by molar-refractivity contribution is 5.62. The maximum absolute atomic E-state index is 13.1. The zero-order chi connectivity index (χ0) is 17.9. The molecule has 0 unspecified atom stereocenters. The minimum Gasteiger partial charge on any atom is -0.486 e. The number of ether oxygens (including phenoxy) is 2. The van der Waals surface area contributed by atoms with Crippen LogP contribution in [0.4, 0.5) is 4.39 Å². The van der Waals surface area contributed by atoms with Crippen molar-refractivity contribution in [3.63, 3.8) is 0 Å². The van der Waals surface area contributed by atoms with Gasteiger partial charge in [0.15, 0.2) is 11.5 Å². The van der Waals surface area contributed by atoms with Gasteiger partial charge in [-0.05, 0) is 49.0 Å². The van der Waals surface area contributed by atoms with Gasteiger partial charge in [0.2, 0.25) is 0 Å². The van der Waals surface area contributed by atoms with E-state index in [-0.39, 0.29) is 5.82 Å². The molecule has 0 bridgehead atoms. The lowest BCUT2D eigenvalue weighted by molar-refractivity contribution is 0.171. The Hall–Kier alpha value is -2.86. The first-order valence-electron chi connectivity index (χ1n) is 8.54. The Labute approximate surface area is 151 Å². The van der Waals surface area contributed by atoms with Crippen LogP contribution in [0.25, 0.3) is 11.3 Å². The number of fused-ring (bicyclic) bond motifs is 1. The van der Waals surface area contributed by atoms with Gasteiger partial charge in [0.25, 0.3) is 0 Å². The number of H-pyrrole nitrogens is 1. The number of halogens is 1. The summed E-state index contributed by atoms with van der Waals surface area (Å²) in [7, 11) is 2.05. The van der Waals surface area contributed by atoms with E-state index in [1.54, 1.807) is 12.1 Å². The maximum atomic E-state index is 13.1. The molecular formula is C20H20FN3O2. The molecule has 0 fully saturated rings. The number of hydrogen-bond acceptors (Lipinski definition) is 4. The molecule has 134 valence electrons. The number of aromatic amines is 1. The molecule has 0 amide bonds. The number of rotatable bonds is 5. The van der Waals surface area contributed by atoms with Gasteiger partial charge in [-0.15, -0.1) is 0 Å². The summed E-state index contributed by atoms with van der Waals surface area (Å²) < 4.78 is 24.4. The largest absolute Gasteiger partial charge is 0.486 e. The van der Waals surface area contributed by atoms with Crippen molar-refractivity contribution < 1.29 is 13.9 Å². The second-order valence-electron chi connectivity index (χ2n) is 6.43. The first-order valence-corrected chi connectivity index (χ1v) is 8.54. The van der Waals surface area contributed by atoms with Crippen LogP contribution in [-0.2, 0) is 13.1 Å². The summed E-state index contributed by atoms with van der Waals surface area (Å²) in [5.74, 6) is 1.36. The van der Waals surface area contributed by atoms with Crippen LogP contribution in [-0.4, -0.2) is 35.4 Å². The van der Waals surface area contributed by atoms with Crippen molar-refractivity contribution >= 4 is 0 Å². The van der Waals surface area contributed by atoms with Crippen molar-refractivity contribution in [2.45, 2.75) is 13.1 Å². The first kappa shape index (κ1) is 16.6. The molecule has 1 N–H and O–H groups in total. The predicted molar refractivity (Wildman–Crippen MR) is 96.6 cm³/mol. The van der Waals surface area contributed by atoms with Gasteiger partial charge in [-0.2, -0.15) is 5.10 Å². The van der Waals surface area contributed by atoms with Gasteiger partial charge in [-0.25, -0.2) is 4.39 Å². The molecule has 0 spiro atoms. The number of hydrogen-bond donors (Lipinski definition) is 1. The molecule has 0 radical (unpaired) electrons. The smallest absolute Gasteiger partial charge is 0.161 e. The quantitative estimate of drug-likeness (QED) is 0.761. The molecule has 0 atom stereocenters. The van der Waals surface area contributed by atoms with E-state index in [2.05, 4.69) is 28.2 Å². The number of aromatic nitrogens is 2. The molecule has 3 aromatic rings. The fourth-order valence-corrected chi connectivity index (χ4v) is 3.14. The first-order chi connectivity index (χ1) is 12.7. The van der Waals surface area contributed by atoms with E-state index in [0.29, 0.717) is 13.2 Å². The van der Waals surface area contributed by atoms with Crippen molar-refractivity contribution in [3.8, 4) is 22.8 Å². The molecule has 0 aliphatic carbocycles. The fraction of sp³-hybridized carbons (Fsp3) is 0.250. The summed E-state index contributed by atoms with van der Waals surface area (Å²) in [6.07, 6.45) is 1.82. The summed E-state index contributed by atoms with van der Waals surface area (Å²) in [4.78, 5) is 2.20. The molecule has 0 saturated carbocycles. The van der Waals surface area contributed by atoms with Crippen LogP contribution in [0.3, 0.4) is 0 Å². The summed E-state index contributed by atoms with van der Waals surface area (Å²) >= 11 is 0. The third kappa shape index (κ3) is 3.55. The minimum absolute atomic E-state index is 0.245. The highest BCUT2D eigenvalue weighted by Gasteiger charge is 2.14. The Bertz CT molecular complexity index is 892. The van der Waals surface area contributed by atoms with Gasteiger partial charge >= 0.3 is 0 Å². The van der Waals surface area contributed by atoms with Crippen LogP contribution >= 0.6 is 0 Å². The molecule has 4 rings (SSSR count). The zero-order valence-corrected chi connectivity index (χ0v) is 14.5. The Morgan fingerprint density at radius 2 is 1.81 bits per heavy atom. The van der Waals surface area contributed by atoms with Crippen LogP contribution < -0.4 is 9.47 Å². The van der Waals surface area contributed by atoms with Gasteiger partial charge in [0, 0.05) is 24.2 Å². The third-order valence-electron chi connectivity index (χ3n) is 4.35. The highest BCUT2D eigenvalue weighted by atomic mass is 19.1. The Balaban J connectivity index is 1.46. The molecule has 2 aromatic carbocycles.